The first-order chi connectivity index (χ1) is 15.0. The Balaban J connectivity index is 1.77. The number of carbonyl (C=O) groups excluding carboxylic acids is 1. The van der Waals surface area contributed by atoms with Gasteiger partial charge in [-0.15, -0.1) is 0 Å². The Morgan fingerprint density at radius 3 is 2.84 bits per heavy atom. The summed E-state index contributed by atoms with van der Waals surface area (Å²) in [6.07, 6.45) is 1.42. The first-order valence-electron chi connectivity index (χ1n) is 9.80. The van der Waals surface area contributed by atoms with Crippen LogP contribution in [0.5, 0.6) is 17.2 Å². The van der Waals surface area contributed by atoms with Crippen LogP contribution in [0.4, 0.5) is 11.6 Å². The number of benzene rings is 2. The minimum Gasteiger partial charge on any atom is -0.504 e. The highest BCUT2D eigenvalue weighted by atomic mass is 16.5. The van der Waals surface area contributed by atoms with Gasteiger partial charge in [-0.1, -0.05) is 18.2 Å². The topological polar surface area (TPSA) is 111 Å². The standard InChI is InChI=1S/C22H23N5O4/c1-4-31-17-8-6-5-7-15(17)26-21(29)19-13(2)25-22-23-12-24-27(22)20(19)14-9-10-16(28)18(11-14)30-3/h5-12,20,28H,4H2,1-3H3,(H,26,29)(H,23,24,25). The van der Waals surface area contributed by atoms with Crippen molar-refractivity contribution < 1.29 is 19.4 Å². The number of fused-ring (bicyclic) bond motifs is 1. The maximum absolute atomic E-state index is 13.5. The van der Waals surface area contributed by atoms with Crippen LogP contribution in [-0.4, -0.2) is 39.5 Å². The van der Waals surface area contributed by atoms with E-state index >= 15 is 0 Å². The molecule has 2 aromatic carbocycles. The molecule has 1 amide bonds. The van der Waals surface area contributed by atoms with E-state index in [4.69, 9.17) is 9.47 Å². The summed E-state index contributed by atoms with van der Waals surface area (Å²) in [5, 5.41) is 20.4. The second-order valence-electron chi connectivity index (χ2n) is 6.91. The number of phenolic OH excluding ortho intramolecular Hbond substituents is 1. The van der Waals surface area contributed by atoms with Crippen LogP contribution < -0.4 is 20.1 Å². The summed E-state index contributed by atoms with van der Waals surface area (Å²) in [5.41, 5.74) is 2.38. The highest BCUT2D eigenvalue weighted by Crippen LogP contribution is 2.38. The van der Waals surface area contributed by atoms with Crippen molar-refractivity contribution in [3.8, 4) is 17.2 Å². The molecule has 2 heterocycles. The fraction of sp³-hybridized carbons (Fsp3) is 0.227. The quantitative estimate of drug-likeness (QED) is 0.560. The van der Waals surface area contributed by atoms with Gasteiger partial charge in [0, 0.05) is 5.70 Å². The van der Waals surface area contributed by atoms with E-state index in [1.54, 1.807) is 28.9 Å². The van der Waals surface area contributed by atoms with E-state index in [-0.39, 0.29) is 11.7 Å². The average Bonchev–Trinajstić information content (AvgIpc) is 3.22. The third kappa shape index (κ3) is 3.77. The van der Waals surface area contributed by atoms with Gasteiger partial charge in [0.25, 0.3) is 5.91 Å². The van der Waals surface area contributed by atoms with E-state index in [1.165, 1.54) is 19.5 Å². The monoisotopic (exact) mass is 421 g/mol. The molecule has 1 unspecified atom stereocenters. The zero-order valence-corrected chi connectivity index (χ0v) is 17.4. The van der Waals surface area contributed by atoms with E-state index in [0.29, 0.717) is 46.6 Å². The molecule has 3 aromatic rings. The van der Waals surface area contributed by atoms with Gasteiger partial charge in [-0.2, -0.15) is 10.1 Å². The number of nitrogens with zero attached hydrogens (tertiary/aromatic N) is 3. The normalized spacial score (nSPS) is 15.1. The molecule has 3 N–H and O–H groups in total. The molecule has 0 spiro atoms. The molecular weight excluding hydrogens is 398 g/mol. The van der Waals surface area contributed by atoms with Gasteiger partial charge >= 0.3 is 0 Å². The molecular formula is C22H23N5O4. The van der Waals surface area contributed by atoms with Crippen molar-refractivity contribution in [3.05, 3.63) is 65.6 Å². The van der Waals surface area contributed by atoms with Crippen molar-refractivity contribution in [3.63, 3.8) is 0 Å². The first kappa shape index (κ1) is 20.3. The van der Waals surface area contributed by atoms with Gasteiger partial charge < -0.3 is 25.2 Å². The van der Waals surface area contributed by atoms with Gasteiger partial charge in [-0.05, 0) is 43.7 Å². The highest BCUT2D eigenvalue weighted by Gasteiger charge is 2.34. The first-order valence-corrected chi connectivity index (χ1v) is 9.80. The Morgan fingerprint density at radius 2 is 2.06 bits per heavy atom. The average molecular weight is 421 g/mol. The molecule has 1 aliphatic rings. The van der Waals surface area contributed by atoms with E-state index in [1.807, 2.05) is 26.0 Å². The number of anilines is 2. The maximum Gasteiger partial charge on any atom is 0.255 e. The second-order valence-corrected chi connectivity index (χ2v) is 6.91. The summed E-state index contributed by atoms with van der Waals surface area (Å²) >= 11 is 0. The molecule has 9 heteroatoms. The van der Waals surface area contributed by atoms with Gasteiger partial charge in [0.2, 0.25) is 5.95 Å². The number of carbonyl (C=O) groups is 1. The van der Waals surface area contributed by atoms with Gasteiger partial charge in [-0.3, -0.25) is 4.79 Å². The summed E-state index contributed by atoms with van der Waals surface area (Å²) < 4.78 is 12.5. The molecule has 9 nitrogen and oxygen atoms in total. The van der Waals surface area contributed by atoms with Crippen LogP contribution in [0.25, 0.3) is 0 Å². The van der Waals surface area contributed by atoms with Crippen LogP contribution >= 0.6 is 0 Å². The number of aromatic hydroxyl groups is 1. The number of para-hydroxylation sites is 2. The molecule has 160 valence electrons. The van der Waals surface area contributed by atoms with Crippen molar-refractivity contribution >= 4 is 17.5 Å². The Kier molecular flexibility index (Phi) is 5.48. The molecule has 0 fully saturated rings. The molecule has 1 aromatic heterocycles. The highest BCUT2D eigenvalue weighted by molar-refractivity contribution is 6.06. The Morgan fingerprint density at radius 1 is 1.26 bits per heavy atom. The molecule has 0 aliphatic carbocycles. The van der Waals surface area contributed by atoms with Crippen LogP contribution in [0.2, 0.25) is 0 Å². The number of nitrogens with one attached hydrogen (secondary N) is 2. The lowest BCUT2D eigenvalue weighted by atomic mass is 9.94. The van der Waals surface area contributed by atoms with Crippen LogP contribution in [0, 0.1) is 0 Å². The molecule has 0 saturated carbocycles. The predicted molar refractivity (Wildman–Crippen MR) is 115 cm³/mol. The summed E-state index contributed by atoms with van der Waals surface area (Å²) in [4.78, 5) is 17.7. The number of hydrogen-bond donors (Lipinski definition) is 3. The van der Waals surface area contributed by atoms with Crippen molar-refractivity contribution in [2.24, 2.45) is 0 Å². The minimum absolute atomic E-state index is 0.0105. The van der Waals surface area contributed by atoms with Crippen molar-refractivity contribution in [2.75, 3.05) is 24.4 Å². The van der Waals surface area contributed by atoms with E-state index < -0.39 is 6.04 Å². The van der Waals surface area contributed by atoms with Crippen molar-refractivity contribution in [1.29, 1.82) is 0 Å². The number of hydrogen-bond acceptors (Lipinski definition) is 7. The van der Waals surface area contributed by atoms with Crippen LogP contribution in [0.3, 0.4) is 0 Å². The van der Waals surface area contributed by atoms with Crippen LogP contribution in [0.15, 0.2) is 60.1 Å². The lowest BCUT2D eigenvalue weighted by molar-refractivity contribution is -0.113. The number of methoxy groups -OCH3 is 1. The Labute approximate surface area is 179 Å². The zero-order valence-electron chi connectivity index (χ0n) is 17.4. The third-order valence-corrected chi connectivity index (χ3v) is 4.99. The SMILES string of the molecule is CCOc1ccccc1NC(=O)C1=C(C)Nc2ncnn2C1c1ccc(O)c(OC)c1. The largest absolute Gasteiger partial charge is 0.504 e. The van der Waals surface area contributed by atoms with Crippen molar-refractivity contribution in [2.45, 2.75) is 19.9 Å². The Bertz CT molecular complexity index is 1150. The number of phenols is 1. The van der Waals surface area contributed by atoms with Gasteiger partial charge in [0.05, 0.1) is 25.0 Å². The Hall–Kier alpha value is -4.01. The molecule has 0 radical (unpaired) electrons. The van der Waals surface area contributed by atoms with Crippen molar-refractivity contribution in [1.82, 2.24) is 14.8 Å². The van der Waals surface area contributed by atoms with Crippen LogP contribution in [-0.2, 0) is 4.79 Å². The van der Waals surface area contributed by atoms with Crippen LogP contribution in [0.1, 0.15) is 25.5 Å². The molecule has 0 saturated heterocycles. The fourth-order valence-electron chi connectivity index (χ4n) is 3.60. The van der Waals surface area contributed by atoms with E-state index in [2.05, 4.69) is 20.7 Å². The molecule has 1 aliphatic heterocycles. The molecule has 4 rings (SSSR count). The predicted octanol–water partition coefficient (Wildman–Crippen LogP) is 3.32. The van der Waals surface area contributed by atoms with E-state index in [9.17, 15) is 9.90 Å². The summed E-state index contributed by atoms with van der Waals surface area (Å²) in [6.45, 7) is 4.18. The smallest absolute Gasteiger partial charge is 0.255 e. The third-order valence-electron chi connectivity index (χ3n) is 4.99. The number of rotatable bonds is 6. The van der Waals surface area contributed by atoms with Gasteiger partial charge in [-0.25, -0.2) is 4.68 Å². The van der Waals surface area contributed by atoms with Gasteiger partial charge in [0.15, 0.2) is 11.5 Å². The number of allylic oxidation sites excluding steroid dienone is 1. The number of ether oxygens (including phenoxy) is 2. The number of amides is 1. The maximum atomic E-state index is 13.5. The summed E-state index contributed by atoms with van der Waals surface area (Å²) in [5.74, 6) is 1.11. The molecule has 0 bridgehead atoms. The molecule has 1 atom stereocenters. The molecule has 31 heavy (non-hydrogen) atoms. The summed E-state index contributed by atoms with van der Waals surface area (Å²) in [7, 11) is 1.47. The lowest BCUT2D eigenvalue weighted by Crippen LogP contribution is -2.31. The second kappa shape index (κ2) is 8.39. The van der Waals surface area contributed by atoms with E-state index in [0.717, 1.165) is 0 Å². The number of aromatic nitrogens is 3. The summed E-state index contributed by atoms with van der Waals surface area (Å²) in [6, 6.07) is 11.6. The minimum atomic E-state index is -0.576. The zero-order chi connectivity index (χ0) is 22.0. The van der Waals surface area contributed by atoms with Gasteiger partial charge in [0.1, 0.15) is 18.1 Å². The lowest BCUT2D eigenvalue weighted by Gasteiger charge is -2.29. The fourth-order valence-corrected chi connectivity index (χ4v) is 3.60.